The molecular weight excluding hydrogens is 309 g/mol. The van der Waals surface area contributed by atoms with E-state index in [4.69, 9.17) is 11.6 Å². The molecule has 0 aromatic heterocycles. The highest BCUT2D eigenvalue weighted by atomic mass is 35.5. The molecule has 4 nitrogen and oxygen atoms in total. The maximum atomic E-state index is 11.9. The number of benzene rings is 1. The van der Waals surface area contributed by atoms with Gasteiger partial charge in [0, 0.05) is 24.2 Å². The Bertz CT molecular complexity index is 544. The van der Waals surface area contributed by atoms with Gasteiger partial charge in [0.25, 0.3) is 0 Å². The van der Waals surface area contributed by atoms with Gasteiger partial charge in [-0.1, -0.05) is 23.7 Å². The largest absolute Gasteiger partial charge is 0.471 e. The Hall–Kier alpha value is -2.02. The molecule has 2 amide bonds. The molecule has 0 saturated carbocycles. The van der Waals surface area contributed by atoms with Gasteiger partial charge in [0.05, 0.1) is 0 Å². The molecule has 0 fully saturated rings. The average molecular weight is 321 g/mol. The van der Waals surface area contributed by atoms with E-state index in [9.17, 15) is 22.8 Å². The molecule has 0 radical (unpaired) electrons. The number of carbonyl (C=O) groups excluding carboxylic acids is 2. The zero-order chi connectivity index (χ0) is 15.9. The first-order valence-corrected chi connectivity index (χ1v) is 6.23. The summed E-state index contributed by atoms with van der Waals surface area (Å²) in [7, 11) is 0. The van der Waals surface area contributed by atoms with Gasteiger partial charge in [-0.2, -0.15) is 13.2 Å². The van der Waals surface area contributed by atoms with Crippen LogP contribution in [-0.2, 0) is 9.59 Å². The zero-order valence-electron chi connectivity index (χ0n) is 10.7. The summed E-state index contributed by atoms with van der Waals surface area (Å²) in [6.45, 7) is -0.421. The smallest absolute Gasteiger partial charge is 0.351 e. The van der Waals surface area contributed by atoms with Crippen LogP contribution in [0.1, 0.15) is 5.56 Å². The normalized spacial score (nSPS) is 11.4. The van der Waals surface area contributed by atoms with Crippen LogP contribution in [-0.4, -0.2) is 31.1 Å². The van der Waals surface area contributed by atoms with Gasteiger partial charge in [-0.15, -0.1) is 0 Å². The van der Waals surface area contributed by atoms with Crippen LogP contribution in [0, 0.1) is 0 Å². The van der Waals surface area contributed by atoms with Crippen molar-refractivity contribution < 1.29 is 22.8 Å². The molecule has 0 heterocycles. The summed E-state index contributed by atoms with van der Waals surface area (Å²) in [5.41, 5.74) is 0.711. The van der Waals surface area contributed by atoms with Crippen LogP contribution in [0.3, 0.4) is 0 Å². The van der Waals surface area contributed by atoms with Crippen molar-refractivity contribution in [3.8, 4) is 0 Å². The molecular formula is C13H12ClF3N2O2. The topological polar surface area (TPSA) is 58.2 Å². The monoisotopic (exact) mass is 320 g/mol. The van der Waals surface area contributed by atoms with E-state index in [1.165, 1.54) is 12.2 Å². The molecule has 0 saturated heterocycles. The second-order valence-electron chi connectivity index (χ2n) is 3.93. The molecule has 1 aromatic carbocycles. The Labute approximate surface area is 124 Å². The Balaban J connectivity index is 2.30. The molecule has 21 heavy (non-hydrogen) atoms. The average Bonchev–Trinajstić information content (AvgIpc) is 2.40. The van der Waals surface area contributed by atoms with Crippen LogP contribution < -0.4 is 10.6 Å². The van der Waals surface area contributed by atoms with Crippen molar-refractivity contribution >= 4 is 29.5 Å². The molecule has 0 atom stereocenters. The van der Waals surface area contributed by atoms with Gasteiger partial charge in [-0.25, -0.2) is 0 Å². The quantitative estimate of drug-likeness (QED) is 0.645. The van der Waals surface area contributed by atoms with Gasteiger partial charge in [0.1, 0.15) is 0 Å². The lowest BCUT2D eigenvalue weighted by Crippen LogP contribution is -2.40. The van der Waals surface area contributed by atoms with Gasteiger partial charge in [-0.05, 0) is 23.8 Å². The molecule has 1 rings (SSSR count). The summed E-state index contributed by atoms with van der Waals surface area (Å²) < 4.78 is 35.6. The van der Waals surface area contributed by atoms with Crippen molar-refractivity contribution in [1.29, 1.82) is 0 Å². The number of nitrogens with one attached hydrogen (secondary N) is 2. The van der Waals surface area contributed by atoms with Gasteiger partial charge in [-0.3, -0.25) is 9.59 Å². The summed E-state index contributed by atoms with van der Waals surface area (Å²) in [4.78, 5) is 21.9. The lowest BCUT2D eigenvalue weighted by Gasteiger charge is -2.07. The summed E-state index contributed by atoms with van der Waals surface area (Å²) in [6, 6.07) is 6.78. The van der Waals surface area contributed by atoms with Crippen molar-refractivity contribution in [3.63, 3.8) is 0 Å². The van der Waals surface area contributed by atoms with Crippen molar-refractivity contribution in [2.75, 3.05) is 13.1 Å². The summed E-state index contributed by atoms with van der Waals surface area (Å²) in [6.07, 6.45) is -2.19. The Morgan fingerprint density at radius 3 is 2.48 bits per heavy atom. The predicted octanol–water partition coefficient (Wildman–Crippen LogP) is 2.15. The third-order valence-electron chi connectivity index (χ3n) is 2.24. The number of alkyl halides is 3. The highest BCUT2D eigenvalue weighted by molar-refractivity contribution is 6.30. The molecule has 0 bridgehead atoms. The summed E-state index contributed by atoms with van der Waals surface area (Å²) >= 11 is 5.76. The van der Waals surface area contributed by atoms with Crippen LogP contribution in [0.5, 0.6) is 0 Å². The van der Waals surface area contributed by atoms with Crippen molar-refractivity contribution in [1.82, 2.24) is 10.6 Å². The Morgan fingerprint density at radius 2 is 1.86 bits per heavy atom. The first kappa shape index (κ1) is 17.0. The van der Waals surface area contributed by atoms with Crippen molar-refractivity contribution in [2.45, 2.75) is 6.18 Å². The Morgan fingerprint density at radius 1 is 1.19 bits per heavy atom. The SMILES string of the molecule is O=C(/C=C/c1cccc(Cl)c1)NCCNC(=O)C(F)(F)F. The van der Waals surface area contributed by atoms with Crippen LogP contribution in [0.15, 0.2) is 30.3 Å². The summed E-state index contributed by atoms with van der Waals surface area (Å²) in [5.74, 6) is -2.53. The number of carbonyl (C=O) groups is 2. The second kappa shape index (κ2) is 7.68. The van der Waals surface area contributed by atoms with Gasteiger partial charge < -0.3 is 10.6 Å². The fourth-order valence-corrected chi connectivity index (χ4v) is 1.50. The first-order valence-electron chi connectivity index (χ1n) is 5.85. The van der Waals surface area contributed by atoms with E-state index in [0.29, 0.717) is 10.6 Å². The third kappa shape index (κ3) is 6.80. The van der Waals surface area contributed by atoms with Gasteiger partial charge >= 0.3 is 12.1 Å². The maximum Gasteiger partial charge on any atom is 0.471 e. The minimum absolute atomic E-state index is 0.111. The third-order valence-corrected chi connectivity index (χ3v) is 2.48. The van der Waals surface area contributed by atoms with E-state index in [1.54, 1.807) is 29.6 Å². The van der Waals surface area contributed by atoms with E-state index in [1.807, 2.05) is 0 Å². The number of rotatable bonds is 5. The molecule has 8 heteroatoms. The lowest BCUT2D eigenvalue weighted by molar-refractivity contribution is -0.173. The minimum Gasteiger partial charge on any atom is -0.351 e. The van der Waals surface area contributed by atoms with Crippen LogP contribution in [0.2, 0.25) is 5.02 Å². The molecule has 2 N–H and O–H groups in total. The zero-order valence-corrected chi connectivity index (χ0v) is 11.5. The van der Waals surface area contributed by atoms with E-state index in [2.05, 4.69) is 5.32 Å². The van der Waals surface area contributed by atoms with Gasteiger partial charge in [0.2, 0.25) is 5.91 Å². The minimum atomic E-state index is -4.92. The standard InChI is InChI=1S/C13H12ClF3N2O2/c14-10-3-1-2-9(8-10)4-5-11(20)18-6-7-19-12(21)13(15,16)17/h1-5,8H,6-7H2,(H,18,20)(H,19,21)/b5-4+. The number of hydrogen-bond donors (Lipinski definition) is 2. The number of hydrogen-bond acceptors (Lipinski definition) is 2. The van der Waals surface area contributed by atoms with E-state index < -0.39 is 18.0 Å². The molecule has 0 aliphatic heterocycles. The molecule has 0 unspecified atom stereocenters. The van der Waals surface area contributed by atoms with Crippen molar-refractivity contribution in [2.24, 2.45) is 0 Å². The van der Waals surface area contributed by atoms with Crippen molar-refractivity contribution in [3.05, 3.63) is 40.9 Å². The second-order valence-corrected chi connectivity index (χ2v) is 4.37. The molecule has 114 valence electrons. The maximum absolute atomic E-state index is 11.9. The molecule has 0 spiro atoms. The summed E-state index contributed by atoms with van der Waals surface area (Å²) in [5, 5.41) is 4.49. The predicted molar refractivity (Wildman–Crippen MR) is 72.6 cm³/mol. The molecule has 0 aliphatic rings. The van der Waals surface area contributed by atoms with E-state index in [0.717, 1.165) is 0 Å². The lowest BCUT2D eigenvalue weighted by atomic mass is 10.2. The first-order chi connectivity index (χ1) is 9.79. The fourth-order valence-electron chi connectivity index (χ4n) is 1.30. The highest BCUT2D eigenvalue weighted by Crippen LogP contribution is 2.13. The van der Waals surface area contributed by atoms with E-state index >= 15 is 0 Å². The van der Waals surface area contributed by atoms with Crippen LogP contribution in [0.4, 0.5) is 13.2 Å². The highest BCUT2D eigenvalue weighted by Gasteiger charge is 2.38. The van der Waals surface area contributed by atoms with E-state index in [-0.39, 0.29) is 13.1 Å². The van der Waals surface area contributed by atoms with Crippen LogP contribution >= 0.6 is 11.6 Å². The molecule has 0 aliphatic carbocycles. The number of halogens is 4. The van der Waals surface area contributed by atoms with Crippen LogP contribution in [0.25, 0.3) is 6.08 Å². The van der Waals surface area contributed by atoms with Gasteiger partial charge in [0.15, 0.2) is 0 Å². The molecule has 1 aromatic rings. The number of amides is 2. The Kier molecular flexibility index (Phi) is 6.23. The fraction of sp³-hybridized carbons (Fsp3) is 0.231.